The summed E-state index contributed by atoms with van der Waals surface area (Å²) in [7, 11) is 0. The van der Waals surface area contributed by atoms with Crippen molar-refractivity contribution in [2.24, 2.45) is 17.8 Å². The van der Waals surface area contributed by atoms with Crippen molar-refractivity contribution in [1.82, 2.24) is 0 Å². The Bertz CT molecular complexity index is 681. The van der Waals surface area contributed by atoms with Gasteiger partial charge in [0.25, 0.3) is 0 Å². The molecule has 6 nitrogen and oxygen atoms in total. The van der Waals surface area contributed by atoms with Crippen LogP contribution < -0.4 is 0 Å². The van der Waals surface area contributed by atoms with E-state index in [-0.39, 0.29) is 35.9 Å². The number of hydrogen-bond acceptors (Lipinski definition) is 6. The SMILES string of the molecule is C=C1C(=O)O[C@@H]2[C@@H]3[C@@H]([C@H](O)C[C@@H]12)[C@H](OC(=O)/C(C)=C\C)C[C@@H]1O[C@]31C. The van der Waals surface area contributed by atoms with E-state index in [4.69, 9.17) is 14.2 Å². The number of epoxide rings is 1. The molecule has 25 heavy (non-hydrogen) atoms. The van der Waals surface area contributed by atoms with Crippen molar-refractivity contribution in [3.05, 3.63) is 23.8 Å². The number of hydrogen-bond donors (Lipinski definition) is 1. The van der Waals surface area contributed by atoms with Gasteiger partial charge in [-0.1, -0.05) is 12.7 Å². The third-order valence-electron chi connectivity index (χ3n) is 6.59. The number of allylic oxidation sites excluding steroid dienone is 1. The Morgan fingerprint density at radius 2 is 2.16 bits per heavy atom. The number of aliphatic hydroxyl groups excluding tert-OH is 1. The van der Waals surface area contributed by atoms with Crippen LogP contribution in [-0.4, -0.2) is 47.1 Å². The fourth-order valence-corrected chi connectivity index (χ4v) is 4.98. The molecule has 0 radical (unpaired) electrons. The fraction of sp³-hybridized carbons (Fsp3) is 0.684. The zero-order valence-electron chi connectivity index (χ0n) is 14.7. The molecule has 6 heteroatoms. The molecule has 2 aliphatic heterocycles. The fourth-order valence-electron chi connectivity index (χ4n) is 4.98. The van der Waals surface area contributed by atoms with Gasteiger partial charge in [-0.3, -0.25) is 0 Å². The molecule has 4 fully saturated rings. The normalized spacial score (nSPS) is 48.2. The van der Waals surface area contributed by atoms with Gasteiger partial charge >= 0.3 is 11.9 Å². The van der Waals surface area contributed by atoms with E-state index in [1.54, 1.807) is 19.9 Å². The van der Waals surface area contributed by atoms with Crippen molar-refractivity contribution in [2.75, 3.05) is 0 Å². The van der Waals surface area contributed by atoms with Gasteiger partial charge in [0.05, 0.1) is 17.8 Å². The van der Waals surface area contributed by atoms with Crippen LogP contribution in [0.25, 0.3) is 0 Å². The van der Waals surface area contributed by atoms with Crippen LogP contribution in [0.5, 0.6) is 0 Å². The highest BCUT2D eigenvalue weighted by Gasteiger charge is 2.72. The molecule has 2 saturated carbocycles. The number of fused-ring (bicyclic) bond motifs is 5. The molecule has 0 aromatic rings. The number of aliphatic hydroxyl groups is 1. The second-order valence-corrected chi connectivity index (χ2v) is 7.85. The van der Waals surface area contributed by atoms with Crippen LogP contribution in [0.2, 0.25) is 0 Å². The van der Waals surface area contributed by atoms with Crippen LogP contribution >= 0.6 is 0 Å². The highest BCUT2D eigenvalue weighted by atomic mass is 16.6. The summed E-state index contributed by atoms with van der Waals surface area (Å²) in [6.45, 7) is 9.32. The van der Waals surface area contributed by atoms with Gasteiger partial charge in [-0.15, -0.1) is 0 Å². The van der Waals surface area contributed by atoms with Gasteiger partial charge < -0.3 is 19.3 Å². The van der Waals surface area contributed by atoms with Gasteiger partial charge in [0.2, 0.25) is 0 Å². The summed E-state index contributed by atoms with van der Waals surface area (Å²) in [5.74, 6) is -1.48. The van der Waals surface area contributed by atoms with Gasteiger partial charge in [0.1, 0.15) is 12.2 Å². The number of esters is 2. The largest absolute Gasteiger partial charge is 0.459 e. The second kappa shape index (κ2) is 5.42. The first kappa shape index (κ1) is 16.8. The average molecular weight is 348 g/mol. The molecule has 0 aromatic carbocycles. The Labute approximate surface area is 146 Å². The number of rotatable bonds is 2. The van der Waals surface area contributed by atoms with Crippen molar-refractivity contribution < 1.29 is 28.9 Å². The summed E-state index contributed by atoms with van der Waals surface area (Å²) in [5.41, 5.74) is 0.510. The first-order chi connectivity index (χ1) is 11.8. The van der Waals surface area contributed by atoms with Crippen molar-refractivity contribution in [1.29, 1.82) is 0 Å². The number of carbonyl (C=O) groups is 2. The lowest BCUT2D eigenvalue weighted by molar-refractivity contribution is -0.174. The quantitative estimate of drug-likeness (QED) is 0.463. The van der Waals surface area contributed by atoms with Crippen LogP contribution in [0.4, 0.5) is 0 Å². The lowest BCUT2D eigenvalue weighted by Gasteiger charge is -2.48. The van der Waals surface area contributed by atoms with E-state index in [2.05, 4.69) is 6.58 Å². The lowest BCUT2D eigenvalue weighted by atomic mass is 9.59. The van der Waals surface area contributed by atoms with Crippen molar-refractivity contribution in [3.63, 3.8) is 0 Å². The first-order valence-corrected chi connectivity index (χ1v) is 8.87. The van der Waals surface area contributed by atoms with E-state index in [0.29, 0.717) is 24.0 Å². The molecule has 8 atom stereocenters. The second-order valence-electron chi connectivity index (χ2n) is 7.85. The van der Waals surface area contributed by atoms with E-state index in [0.717, 1.165) is 0 Å². The van der Waals surface area contributed by atoms with Gasteiger partial charge in [-0.05, 0) is 27.2 Å². The highest BCUT2D eigenvalue weighted by Crippen LogP contribution is 2.61. The molecule has 1 N–H and O–H groups in total. The maximum absolute atomic E-state index is 12.2. The summed E-state index contributed by atoms with van der Waals surface area (Å²) in [6.07, 6.45) is 1.11. The Morgan fingerprint density at radius 3 is 2.84 bits per heavy atom. The maximum atomic E-state index is 12.2. The van der Waals surface area contributed by atoms with E-state index in [1.807, 2.05) is 6.92 Å². The molecule has 0 amide bonds. The van der Waals surface area contributed by atoms with Crippen LogP contribution in [0.1, 0.15) is 33.6 Å². The Balaban J connectivity index is 1.65. The van der Waals surface area contributed by atoms with E-state index < -0.39 is 23.8 Å². The predicted molar refractivity (Wildman–Crippen MR) is 87.3 cm³/mol. The maximum Gasteiger partial charge on any atom is 0.334 e. The standard InChI is InChI=1S/C19H24O6/c1-5-8(2)17(21)23-12-7-13-19(4,25-13)15-14(12)11(20)6-10-9(3)18(22)24-16(10)15/h5,10-16,20H,3,6-7H2,1-2,4H3/b8-5-/t10-,11+,12+,13-,14-,15-,16-,19-/m0/s1. The highest BCUT2D eigenvalue weighted by molar-refractivity contribution is 5.91. The summed E-state index contributed by atoms with van der Waals surface area (Å²) in [5, 5.41) is 10.8. The predicted octanol–water partition coefficient (Wildman–Crippen LogP) is 1.52. The number of ether oxygens (including phenoxy) is 3. The molecule has 2 saturated heterocycles. The minimum Gasteiger partial charge on any atom is -0.459 e. The molecule has 0 aromatic heterocycles. The smallest absolute Gasteiger partial charge is 0.334 e. The summed E-state index contributed by atoms with van der Waals surface area (Å²) < 4.78 is 17.2. The molecule has 0 spiro atoms. The molecular weight excluding hydrogens is 324 g/mol. The Morgan fingerprint density at radius 1 is 1.44 bits per heavy atom. The first-order valence-electron chi connectivity index (χ1n) is 8.87. The summed E-state index contributed by atoms with van der Waals surface area (Å²) in [6, 6.07) is 0. The van der Waals surface area contributed by atoms with Crippen molar-refractivity contribution in [3.8, 4) is 0 Å². The molecule has 2 heterocycles. The van der Waals surface area contributed by atoms with Crippen LogP contribution in [0, 0.1) is 17.8 Å². The molecule has 0 unspecified atom stereocenters. The minimum atomic E-state index is -0.691. The molecule has 4 rings (SSSR count). The van der Waals surface area contributed by atoms with Gasteiger partial charge in [-0.2, -0.15) is 0 Å². The Kier molecular flexibility index (Phi) is 3.64. The average Bonchev–Trinajstić information content (AvgIpc) is 3.17. The van der Waals surface area contributed by atoms with Crippen molar-refractivity contribution >= 4 is 11.9 Å². The van der Waals surface area contributed by atoms with Gasteiger partial charge in [-0.25, -0.2) is 9.59 Å². The zero-order chi connectivity index (χ0) is 18.1. The number of carbonyl (C=O) groups excluding carboxylic acids is 2. The third kappa shape index (κ3) is 2.30. The monoisotopic (exact) mass is 348 g/mol. The summed E-state index contributed by atoms with van der Waals surface area (Å²) >= 11 is 0. The van der Waals surface area contributed by atoms with Gasteiger partial charge in [0.15, 0.2) is 0 Å². The van der Waals surface area contributed by atoms with Crippen molar-refractivity contribution in [2.45, 2.75) is 63.6 Å². The molecular formula is C19H24O6. The lowest BCUT2D eigenvalue weighted by Crippen LogP contribution is -2.58. The summed E-state index contributed by atoms with van der Waals surface area (Å²) in [4.78, 5) is 24.2. The molecule has 4 aliphatic rings. The van der Waals surface area contributed by atoms with E-state index in [1.165, 1.54) is 0 Å². The van der Waals surface area contributed by atoms with Crippen LogP contribution in [0.3, 0.4) is 0 Å². The van der Waals surface area contributed by atoms with Crippen LogP contribution in [-0.2, 0) is 23.8 Å². The van der Waals surface area contributed by atoms with Gasteiger partial charge in [0, 0.05) is 35.3 Å². The Hall–Kier alpha value is -1.66. The van der Waals surface area contributed by atoms with Crippen LogP contribution in [0.15, 0.2) is 23.8 Å². The van der Waals surface area contributed by atoms with E-state index in [9.17, 15) is 14.7 Å². The minimum absolute atomic E-state index is 0.0454. The molecule has 136 valence electrons. The third-order valence-corrected chi connectivity index (χ3v) is 6.59. The van der Waals surface area contributed by atoms with E-state index >= 15 is 0 Å². The zero-order valence-corrected chi connectivity index (χ0v) is 14.7. The molecule has 2 aliphatic carbocycles. The molecule has 0 bridgehead atoms. The topological polar surface area (TPSA) is 85.4 Å².